The Morgan fingerprint density at radius 3 is 2.29 bits per heavy atom. The summed E-state index contributed by atoms with van der Waals surface area (Å²) in [5.41, 5.74) is 0.802. The van der Waals surface area contributed by atoms with Gasteiger partial charge in [-0.2, -0.15) is 0 Å². The molecule has 0 unspecified atom stereocenters. The Morgan fingerprint density at radius 2 is 1.75 bits per heavy atom. The Bertz CT molecular complexity index is 529. The van der Waals surface area contributed by atoms with E-state index < -0.39 is 6.04 Å². The molecular formula is C19H29FN2O2. The summed E-state index contributed by atoms with van der Waals surface area (Å²) >= 11 is 0. The minimum atomic E-state index is -0.563. The van der Waals surface area contributed by atoms with Crippen LogP contribution in [-0.2, 0) is 16.1 Å². The zero-order chi connectivity index (χ0) is 18.1. The molecule has 4 nitrogen and oxygen atoms in total. The Kier molecular flexibility index (Phi) is 8.44. The van der Waals surface area contributed by atoms with Gasteiger partial charge in [0.2, 0.25) is 11.8 Å². The molecular weight excluding hydrogens is 307 g/mol. The molecule has 0 fully saturated rings. The first kappa shape index (κ1) is 20.1. The predicted octanol–water partition coefficient (Wildman–Crippen LogP) is 3.51. The summed E-state index contributed by atoms with van der Waals surface area (Å²) in [6.45, 7) is 8.38. The van der Waals surface area contributed by atoms with E-state index in [1.165, 1.54) is 12.1 Å². The van der Waals surface area contributed by atoms with Gasteiger partial charge in [-0.05, 0) is 31.0 Å². The maximum atomic E-state index is 13.1. The predicted molar refractivity (Wildman–Crippen MR) is 93.8 cm³/mol. The van der Waals surface area contributed by atoms with Crippen LogP contribution in [-0.4, -0.2) is 29.3 Å². The maximum absolute atomic E-state index is 13.1. The molecule has 24 heavy (non-hydrogen) atoms. The third-order valence-electron chi connectivity index (χ3n) is 3.97. The van der Waals surface area contributed by atoms with Gasteiger partial charge in [0.1, 0.15) is 11.9 Å². The average Bonchev–Trinajstić information content (AvgIpc) is 2.56. The molecule has 1 atom stereocenters. The second-order valence-electron chi connectivity index (χ2n) is 6.42. The quantitative estimate of drug-likeness (QED) is 0.702. The molecule has 0 aliphatic carbocycles. The van der Waals surface area contributed by atoms with Crippen molar-refractivity contribution in [1.82, 2.24) is 10.2 Å². The molecule has 1 aromatic carbocycles. The smallest absolute Gasteiger partial charge is 0.242 e. The molecule has 0 spiro atoms. The van der Waals surface area contributed by atoms with Crippen molar-refractivity contribution in [3.63, 3.8) is 0 Å². The highest BCUT2D eigenvalue weighted by molar-refractivity contribution is 5.88. The van der Waals surface area contributed by atoms with Gasteiger partial charge in [-0.1, -0.05) is 45.7 Å². The number of rotatable bonds is 9. The molecule has 1 N–H and O–H groups in total. The van der Waals surface area contributed by atoms with Crippen LogP contribution >= 0.6 is 0 Å². The van der Waals surface area contributed by atoms with E-state index in [4.69, 9.17) is 0 Å². The summed E-state index contributed by atoms with van der Waals surface area (Å²) in [6.07, 6.45) is 3.10. The molecule has 0 bridgehead atoms. The molecule has 0 saturated carbocycles. The molecule has 1 aromatic rings. The SMILES string of the molecule is CCCCCNC(=O)[C@H](C)N(Cc1ccc(F)cc1)C(=O)C(C)C. The molecule has 1 rings (SSSR count). The number of amides is 2. The van der Waals surface area contributed by atoms with E-state index in [9.17, 15) is 14.0 Å². The Hall–Kier alpha value is -1.91. The van der Waals surface area contributed by atoms with Gasteiger partial charge in [0.05, 0.1) is 0 Å². The first-order valence-corrected chi connectivity index (χ1v) is 8.69. The van der Waals surface area contributed by atoms with Gasteiger partial charge in [0.25, 0.3) is 0 Å². The highest BCUT2D eigenvalue weighted by atomic mass is 19.1. The number of carbonyl (C=O) groups excluding carboxylic acids is 2. The molecule has 0 radical (unpaired) electrons. The molecule has 0 aliphatic rings. The van der Waals surface area contributed by atoms with Crippen LogP contribution in [0.5, 0.6) is 0 Å². The number of carbonyl (C=O) groups is 2. The summed E-state index contributed by atoms with van der Waals surface area (Å²) in [7, 11) is 0. The molecule has 0 saturated heterocycles. The fourth-order valence-corrected chi connectivity index (χ4v) is 2.40. The number of nitrogens with one attached hydrogen (secondary N) is 1. The van der Waals surface area contributed by atoms with Crippen molar-refractivity contribution in [2.45, 2.75) is 59.5 Å². The van der Waals surface area contributed by atoms with E-state index in [1.54, 1.807) is 24.0 Å². The number of halogens is 1. The molecule has 0 aliphatic heterocycles. The van der Waals surface area contributed by atoms with Crippen LogP contribution in [0, 0.1) is 11.7 Å². The second kappa shape index (κ2) is 10.1. The lowest BCUT2D eigenvalue weighted by atomic mass is 10.1. The monoisotopic (exact) mass is 336 g/mol. The summed E-state index contributed by atoms with van der Waals surface area (Å²) in [5, 5.41) is 2.89. The van der Waals surface area contributed by atoms with Crippen molar-refractivity contribution in [2.24, 2.45) is 5.92 Å². The fourth-order valence-electron chi connectivity index (χ4n) is 2.40. The second-order valence-corrected chi connectivity index (χ2v) is 6.42. The van der Waals surface area contributed by atoms with Crippen LogP contribution in [0.15, 0.2) is 24.3 Å². The van der Waals surface area contributed by atoms with Crippen LogP contribution in [0.3, 0.4) is 0 Å². The first-order valence-electron chi connectivity index (χ1n) is 8.69. The number of benzene rings is 1. The van der Waals surface area contributed by atoms with Crippen LogP contribution in [0.1, 0.15) is 52.5 Å². The molecule has 2 amide bonds. The third-order valence-corrected chi connectivity index (χ3v) is 3.97. The van der Waals surface area contributed by atoms with Crippen molar-refractivity contribution < 1.29 is 14.0 Å². The summed E-state index contributed by atoms with van der Waals surface area (Å²) < 4.78 is 13.1. The van der Waals surface area contributed by atoms with Gasteiger partial charge >= 0.3 is 0 Å². The highest BCUT2D eigenvalue weighted by Gasteiger charge is 2.27. The first-order chi connectivity index (χ1) is 11.4. The third kappa shape index (κ3) is 6.30. The Morgan fingerprint density at radius 1 is 1.12 bits per heavy atom. The standard InChI is InChI=1S/C19H29FN2O2/c1-5-6-7-12-21-18(23)15(4)22(19(24)14(2)3)13-16-8-10-17(20)11-9-16/h8-11,14-15H,5-7,12-13H2,1-4H3,(H,21,23)/t15-/m0/s1. The molecule has 0 heterocycles. The van der Waals surface area contributed by atoms with Gasteiger partial charge in [0.15, 0.2) is 0 Å². The van der Waals surface area contributed by atoms with Crippen molar-refractivity contribution in [2.75, 3.05) is 6.54 Å². The largest absolute Gasteiger partial charge is 0.354 e. The van der Waals surface area contributed by atoms with Crippen LogP contribution in [0.2, 0.25) is 0 Å². The Balaban J connectivity index is 2.78. The van der Waals surface area contributed by atoms with Crippen LogP contribution in [0.4, 0.5) is 4.39 Å². The van der Waals surface area contributed by atoms with E-state index >= 15 is 0 Å². The van der Waals surface area contributed by atoms with Gasteiger partial charge in [-0.25, -0.2) is 4.39 Å². The van der Waals surface area contributed by atoms with E-state index in [0.29, 0.717) is 13.1 Å². The molecule has 134 valence electrons. The zero-order valence-electron chi connectivity index (χ0n) is 15.1. The Labute approximate surface area is 144 Å². The van der Waals surface area contributed by atoms with Crippen molar-refractivity contribution in [1.29, 1.82) is 0 Å². The number of nitrogens with zero attached hydrogens (tertiary/aromatic N) is 1. The van der Waals surface area contributed by atoms with Crippen molar-refractivity contribution in [3.8, 4) is 0 Å². The van der Waals surface area contributed by atoms with Crippen molar-refractivity contribution >= 4 is 11.8 Å². The summed E-state index contributed by atoms with van der Waals surface area (Å²) in [5.74, 6) is -0.763. The molecule has 0 aromatic heterocycles. The summed E-state index contributed by atoms with van der Waals surface area (Å²) in [4.78, 5) is 26.4. The zero-order valence-corrected chi connectivity index (χ0v) is 15.1. The lowest BCUT2D eigenvalue weighted by Gasteiger charge is -2.30. The van der Waals surface area contributed by atoms with Gasteiger partial charge in [0, 0.05) is 19.0 Å². The number of hydrogen-bond donors (Lipinski definition) is 1. The van der Waals surface area contributed by atoms with Crippen LogP contribution in [0.25, 0.3) is 0 Å². The minimum Gasteiger partial charge on any atom is -0.354 e. The minimum absolute atomic E-state index is 0.0875. The lowest BCUT2D eigenvalue weighted by Crippen LogP contribution is -2.49. The summed E-state index contributed by atoms with van der Waals surface area (Å²) in [6, 6.07) is 5.45. The lowest BCUT2D eigenvalue weighted by molar-refractivity contribution is -0.143. The normalized spacial score (nSPS) is 12.1. The molecule has 5 heteroatoms. The van der Waals surface area contributed by atoms with Crippen molar-refractivity contribution in [3.05, 3.63) is 35.6 Å². The topological polar surface area (TPSA) is 49.4 Å². The van der Waals surface area contributed by atoms with Gasteiger partial charge in [-0.15, -0.1) is 0 Å². The van der Waals surface area contributed by atoms with E-state index in [1.807, 2.05) is 13.8 Å². The highest BCUT2D eigenvalue weighted by Crippen LogP contribution is 2.14. The van der Waals surface area contributed by atoms with Gasteiger partial charge in [-0.3, -0.25) is 9.59 Å². The van der Waals surface area contributed by atoms with E-state index in [-0.39, 0.29) is 23.5 Å². The van der Waals surface area contributed by atoms with Gasteiger partial charge < -0.3 is 10.2 Å². The van der Waals surface area contributed by atoms with E-state index in [2.05, 4.69) is 12.2 Å². The number of hydrogen-bond acceptors (Lipinski definition) is 2. The fraction of sp³-hybridized carbons (Fsp3) is 0.579. The van der Waals surface area contributed by atoms with Crippen LogP contribution < -0.4 is 5.32 Å². The van der Waals surface area contributed by atoms with E-state index in [0.717, 1.165) is 24.8 Å². The number of unbranched alkanes of at least 4 members (excludes halogenated alkanes) is 2. The maximum Gasteiger partial charge on any atom is 0.242 e. The average molecular weight is 336 g/mol.